The van der Waals surface area contributed by atoms with Crippen LogP contribution in [0.4, 0.5) is 0 Å². The molecule has 1 aliphatic rings. The zero-order valence-electron chi connectivity index (χ0n) is 9.28. The maximum Gasteiger partial charge on any atom is 0.237 e. The quantitative estimate of drug-likeness (QED) is 0.792. The molecule has 2 rings (SSSR count). The van der Waals surface area contributed by atoms with Crippen LogP contribution < -0.4 is 10.6 Å². The average Bonchev–Trinajstić information content (AvgIpc) is 2.38. The predicted molar refractivity (Wildman–Crippen MR) is 61.7 cm³/mol. The van der Waals surface area contributed by atoms with Crippen molar-refractivity contribution < 1.29 is 4.79 Å². The Balaban J connectivity index is 1.79. The van der Waals surface area contributed by atoms with E-state index in [9.17, 15) is 4.79 Å². The number of carbonyl (C=O) groups is 1. The number of pyridine rings is 1. The molecule has 0 spiro atoms. The van der Waals surface area contributed by atoms with E-state index in [4.69, 9.17) is 0 Å². The Bertz CT molecular complexity index is 333. The first-order valence-electron chi connectivity index (χ1n) is 5.77. The van der Waals surface area contributed by atoms with Gasteiger partial charge < -0.3 is 10.6 Å². The summed E-state index contributed by atoms with van der Waals surface area (Å²) in [7, 11) is 0. The normalized spacial score (nSPS) is 20.4. The standard InChI is InChI=1S/C12H17N3O/c16-12(11-6-2-4-8-14-11)15-9-10-5-1-3-7-13-10/h1,3,5,7,11,14H,2,4,6,8-9H2,(H,15,16)/t11-/m0/s1. The molecule has 4 nitrogen and oxygen atoms in total. The van der Waals surface area contributed by atoms with Crippen LogP contribution in [0.3, 0.4) is 0 Å². The van der Waals surface area contributed by atoms with Crippen LogP contribution in [0, 0.1) is 0 Å². The molecule has 2 heterocycles. The number of carbonyl (C=O) groups excluding carboxylic acids is 1. The topological polar surface area (TPSA) is 54.0 Å². The van der Waals surface area contributed by atoms with Gasteiger partial charge in [-0.25, -0.2) is 0 Å². The Hall–Kier alpha value is -1.42. The van der Waals surface area contributed by atoms with Crippen LogP contribution in [0.1, 0.15) is 25.0 Å². The van der Waals surface area contributed by atoms with Gasteiger partial charge in [-0.3, -0.25) is 9.78 Å². The van der Waals surface area contributed by atoms with E-state index in [-0.39, 0.29) is 11.9 Å². The highest BCUT2D eigenvalue weighted by Gasteiger charge is 2.19. The highest BCUT2D eigenvalue weighted by Crippen LogP contribution is 2.06. The summed E-state index contributed by atoms with van der Waals surface area (Å²) in [5.74, 6) is 0.0883. The Morgan fingerprint density at radius 2 is 2.44 bits per heavy atom. The van der Waals surface area contributed by atoms with E-state index in [1.807, 2.05) is 18.2 Å². The van der Waals surface area contributed by atoms with Gasteiger partial charge in [0.1, 0.15) is 0 Å². The van der Waals surface area contributed by atoms with Crippen LogP contribution in [0.15, 0.2) is 24.4 Å². The van der Waals surface area contributed by atoms with Gasteiger partial charge in [0, 0.05) is 6.20 Å². The van der Waals surface area contributed by atoms with Gasteiger partial charge in [-0.15, -0.1) is 0 Å². The summed E-state index contributed by atoms with van der Waals surface area (Å²) >= 11 is 0. The molecule has 0 unspecified atom stereocenters. The van der Waals surface area contributed by atoms with Crippen LogP contribution in [0.25, 0.3) is 0 Å². The molecule has 0 radical (unpaired) electrons. The Morgan fingerprint density at radius 3 is 3.12 bits per heavy atom. The third-order valence-electron chi connectivity index (χ3n) is 2.80. The molecule has 1 atom stereocenters. The maximum atomic E-state index is 11.8. The first kappa shape index (κ1) is 11.1. The SMILES string of the molecule is O=C(NCc1ccccn1)[C@@H]1CCCCN1. The maximum absolute atomic E-state index is 11.8. The zero-order chi connectivity index (χ0) is 11.2. The van der Waals surface area contributed by atoms with E-state index in [0.717, 1.165) is 25.1 Å². The fraction of sp³-hybridized carbons (Fsp3) is 0.500. The Kier molecular flexibility index (Phi) is 3.88. The molecular weight excluding hydrogens is 202 g/mol. The van der Waals surface area contributed by atoms with Crippen molar-refractivity contribution in [3.05, 3.63) is 30.1 Å². The molecule has 4 heteroatoms. The van der Waals surface area contributed by atoms with E-state index in [0.29, 0.717) is 6.54 Å². The molecule has 1 aromatic rings. The number of aromatic nitrogens is 1. The van der Waals surface area contributed by atoms with Gasteiger partial charge in [0.15, 0.2) is 0 Å². The second kappa shape index (κ2) is 5.61. The van der Waals surface area contributed by atoms with Gasteiger partial charge in [-0.2, -0.15) is 0 Å². The number of hydrogen-bond acceptors (Lipinski definition) is 3. The molecule has 1 amide bonds. The van der Waals surface area contributed by atoms with Gasteiger partial charge in [0.05, 0.1) is 18.3 Å². The fourth-order valence-corrected chi connectivity index (χ4v) is 1.88. The summed E-state index contributed by atoms with van der Waals surface area (Å²) in [6, 6.07) is 5.69. The summed E-state index contributed by atoms with van der Waals surface area (Å²) < 4.78 is 0. The summed E-state index contributed by atoms with van der Waals surface area (Å²) in [5.41, 5.74) is 0.895. The van der Waals surface area contributed by atoms with Gasteiger partial charge in [-0.1, -0.05) is 12.5 Å². The lowest BCUT2D eigenvalue weighted by atomic mass is 10.0. The predicted octanol–water partition coefficient (Wildman–Crippen LogP) is 0.840. The first-order valence-corrected chi connectivity index (χ1v) is 5.77. The van der Waals surface area contributed by atoms with Crippen molar-refractivity contribution in [2.45, 2.75) is 31.8 Å². The molecule has 1 aliphatic heterocycles. The minimum Gasteiger partial charge on any atom is -0.349 e. The summed E-state index contributed by atoms with van der Waals surface area (Å²) in [6.07, 6.45) is 4.98. The summed E-state index contributed by atoms with van der Waals surface area (Å²) in [5, 5.41) is 6.13. The summed E-state index contributed by atoms with van der Waals surface area (Å²) in [4.78, 5) is 15.9. The van der Waals surface area contributed by atoms with Gasteiger partial charge >= 0.3 is 0 Å². The number of hydrogen-bond donors (Lipinski definition) is 2. The number of amides is 1. The number of nitrogens with zero attached hydrogens (tertiary/aromatic N) is 1. The number of nitrogens with one attached hydrogen (secondary N) is 2. The molecule has 1 aromatic heterocycles. The first-order chi connectivity index (χ1) is 7.86. The molecule has 1 saturated heterocycles. The summed E-state index contributed by atoms with van der Waals surface area (Å²) in [6.45, 7) is 1.46. The van der Waals surface area contributed by atoms with Crippen LogP contribution in [0.5, 0.6) is 0 Å². The van der Waals surface area contributed by atoms with Crippen molar-refractivity contribution in [2.75, 3.05) is 6.54 Å². The molecule has 2 N–H and O–H groups in total. The lowest BCUT2D eigenvalue weighted by Crippen LogP contribution is -2.46. The van der Waals surface area contributed by atoms with Gasteiger partial charge in [0.25, 0.3) is 0 Å². The van der Waals surface area contributed by atoms with Crippen LogP contribution in [-0.2, 0) is 11.3 Å². The minimum absolute atomic E-state index is 0.0162. The third kappa shape index (κ3) is 3.03. The largest absolute Gasteiger partial charge is 0.349 e. The van der Waals surface area contributed by atoms with E-state index >= 15 is 0 Å². The molecule has 0 bridgehead atoms. The fourth-order valence-electron chi connectivity index (χ4n) is 1.88. The second-order valence-electron chi connectivity index (χ2n) is 4.04. The lowest BCUT2D eigenvalue weighted by Gasteiger charge is -2.22. The highest BCUT2D eigenvalue weighted by molar-refractivity contribution is 5.81. The van der Waals surface area contributed by atoms with E-state index < -0.39 is 0 Å². The van der Waals surface area contributed by atoms with Crippen molar-refractivity contribution >= 4 is 5.91 Å². The molecule has 0 aromatic carbocycles. The van der Waals surface area contributed by atoms with Crippen LogP contribution in [-0.4, -0.2) is 23.5 Å². The zero-order valence-corrected chi connectivity index (χ0v) is 9.28. The van der Waals surface area contributed by atoms with Crippen molar-refractivity contribution in [3.63, 3.8) is 0 Å². The lowest BCUT2D eigenvalue weighted by molar-refractivity contribution is -0.123. The number of piperidine rings is 1. The van der Waals surface area contributed by atoms with E-state index in [1.54, 1.807) is 6.20 Å². The monoisotopic (exact) mass is 219 g/mol. The molecule has 16 heavy (non-hydrogen) atoms. The van der Waals surface area contributed by atoms with Gasteiger partial charge in [-0.05, 0) is 31.5 Å². The molecule has 0 saturated carbocycles. The minimum atomic E-state index is -0.0162. The average molecular weight is 219 g/mol. The van der Waals surface area contributed by atoms with Crippen LogP contribution >= 0.6 is 0 Å². The third-order valence-corrected chi connectivity index (χ3v) is 2.80. The highest BCUT2D eigenvalue weighted by atomic mass is 16.2. The second-order valence-corrected chi connectivity index (χ2v) is 4.04. The van der Waals surface area contributed by atoms with Crippen molar-refractivity contribution in [1.29, 1.82) is 0 Å². The number of rotatable bonds is 3. The molecule has 86 valence electrons. The Morgan fingerprint density at radius 1 is 1.50 bits per heavy atom. The smallest absolute Gasteiger partial charge is 0.237 e. The van der Waals surface area contributed by atoms with Crippen molar-refractivity contribution in [1.82, 2.24) is 15.6 Å². The Labute approximate surface area is 95.5 Å². The van der Waals surface area contributed by atoms with E-state index in [2.05, 4.69) is 15.6 Å². The van der Waals surface area contributed by atoms with Crippen LogP contribution in [0.2, 0.25) is 0 Å². The van der Waals surface area contributed by atoms with Crippen molar-refractivity contribution in [2.24, 2.45) is 0 Å². The van der Waals surface area contributed by atoms with Crippen molar-refractivity contribution in [3.8, 4) is 0 Å². The molecule has 0 aliphatic carbocycles. The molecule has 1 fully saturated rings. The van der Waals surface area contributed by atoms with Gasteiger partial charge in [0.2, 0.25) is 5.91 Å². The van der Waals surface area contributed by atoms with E-state index in [1.165, 1.54) is 6.42 Å². The molecular formula is C12H17N3O.